The Hall–Kier alpha value is -3.11. The molecule has 9 nitrogen and oxygen atoms in total. The Balaban J connectivity index is 2.00. The van der Waals surface area contributed by atoms with E-state index in [2.05, 4.69) is 46.5 Å². The van der Waals surface area contributed by atoms with E-state index in [1.807, 2.05) is 0 Å². The molecule has 0 aliphatic carbocycles. The number of halogens is 1. The van der Waals surface area contributed by atoms with Crippen molar-refractivity contribution in [1.82, 2.24) is 9.88 Å². The quantitative estimate of drug-likeness (QED) is 0.162. The van der Waals surface area contributed by atoms with E-state index in [-0.39, 0.29) is 51.3 Å². The summed E-state index contributed by atoms with van der Waals surface area (Å²) in [5.74, 6) is -1.76. The van der Waals surface area contributed by atoms with Crippen molar-refractivity contribution in [2.24, 2.45) is 0 Å². The summed E-state index contributed by atoms with van der Waals surface area (Å²) >= 11 is 0. The number of nitrogens with zero attached hydrogens (tertiary/aromatic N) is 2. The summed E-state index contributed by atoms with van der Waals surface area (Å²) in [5.41, 5.74) is 1.02. The second-order valence-electron chi connectivity index (χ2n) is 11.0. The maximum atomic E-state index is 14.0. The van der Waals surface area contributed by atoms with Gasteiger partial charge in [-0.25, -0.2) is 4.39 Å². The van der Waals surface area contributed by atoms with Crippen molar-refractivity contribution in [3.63, 3.8) is 0 Å². The molecule has 0 spiro atoms. The Morgan fingerprint density at radius 3 is 2.00 bits per heavy atom. The third-order valence-corrected chi connectivity index (χ3v) is 13.9. The predicted octanol–water partition coefficient (Wildman–Crippen LogP) is 6.24. The molecular formula is C28H34FN2O7PSi. The monoisotopic (exact) mass is 588 g/mol. The molecule has 2 heterocycles. The van der Waals surface area contributed by atoms with E-state index in [0.29, 0.717) is 10.9 Å². The third-order valence-electron chi connectivity index (χ3n) is 7.51. The van der Waals surface area contributed by atoms with E-state index in [9.17, 15) is 28.3 Å². The van der Waals surface area contributed by atoms with Crippen LogP contribution in [0.3, 0.4) is 0 Å². The number of aromatic nitrogens is 1. The maximum Gasteiger partial charge on any atom is 0.362 e. The van der Waals surface area contributed by atoms with Crippen molar-refractivity contribution in [2.75, 3.05) is 6.35 Å². The normalized spacial score (nSPS) is 14.2. The van der Waals surface area contributed by atoms with Gasteiger partial charge in [-0.2, -0.15) is 0 Å². The Labute approximate surface area is 233 Å². The van der Waals surface area contributed by atoms with Crippen LogP contribution in [0, 0.1) is 5.82 Å². The molecule has 2 amide bonds. The molecule has 2 aromatic carbocycles. The molecular weight excluding hydrogens is 554 g/mol. The lowest BCUT2D eigenvalue weighted by Gasteiger charge is -2.42. The molecule has 1 aliphatic heterocycles. The standard InChI is InChI=1S/C28H34FN2O7PSi/c1-16(2)40(17(3)4,18(5)6)38-26-23-22(25(37-15-39(34,35)36)21-8-7-13-30-24(21)26)27(32)31(28(23)33)14-19-9-11-20(29)12-10-19/h7-13,16-18H,14-15H2,1-6H3,(H2,34,35,36). The van der Waals surface area contributed by atoms with Gasteiger partial charge >= 0.3 is 7.60 Å². The third kappa shape index (κ3) is 5.31. The van der Waals surface area contributed by atoms with Gasteiger partial charge < -0.3 is 18.9 Å². The number of ether oxygens (including phenoxy) is 1. The van der Waals surface area contributed by atoms with E-state index < -0.39 is 39.9 Å². The molecule has 0 fully saturated rings. The van der Waals surface area contributed by atoms with Crippen LogP contribution in [0.25, 0.3) is 10.9 Å². The second kappa shape index (κ2) is 11.0. The van der Waals surface area contributed by atoms with Crippen LogP contribution in [0.5, 0.6) is 11.5 Å². The minimum absolute atomic E-state index is 0.0437. The Bertz CT molecular complexity index is 1480. The molecule has 4 rings (SSSR count). The summed E-state index contributed by atoms with van der Waals surface area (Å²) in [6.45, 7) is 12.4. The van der Waals surface area contributed by atoms with Gasteiger partial charge in [0.25, 0.3) is 20.1 Å². The SMILES string of the molecule is CC(C)[Si](Oc1c2c(c(OCP(=O)(O)O)c3cccnc13)C(=O)N(Cc1ccc(F)cc1)C2=O)(C(C)C)C(C)C. The summed E-state index contributed by atoms with van der Waals surface area (Å²) < 4.78 is 37.8. The molecule has 40 heavy (non-hydrogen) atoms. The van der Waals surface area contributed by atoms with Gasteiger partial charge in [-0.05, 0) is 46.5 Å². The van der Waals surface area contributed by atoms with Crippen LogP contribution in [0.1, 0.15) is 67.8 Å². The fourth-order valence-corrected chi connectivity index (χ4v) is 11.4. The lowest BCUT2D eigenvalue weighted by atomic mass is 10.0. The number of carbonyl (C=O) groups excluding carboxylic acids is 2. The fourth-order valence-electron chi connectivity index (χ4n) is 5.86. The Kier molecular flexibility index (Phi) is 8.24. The summed E-state index contributed by atoms with van der Waals surface area (Å²) in [4.78, 5) is 52.5. The molecule has 0 bridgehead atoms. The van der Waals surface area contributed by atoms with Gasteiger partial charge in [-0.3, -0.25) is 24.0 Å². The number of carbonyl (C=O) groups is 2. The second-order valence-corrected chi connectivity index (χ2v) is 18.0. The molecule has 214 valence electrons. The van der Waals surface area contributed by atoms with Crippen molar-refractivity contribution in [1.29, 1.82) is 0 Å². The molecule has 1 aromatic heterocycles. The van der Waals surface area contributed by atoms with Crippen LogP contribution >= 0.6 is 7.60 Å². The summed E-state index contributed by atoms with van der Waals surface area (Å²) in [5, 5.41) is 0.300. The minimum Gasteiger partial charge on any atom is -0.541 e. The molecule has 1 aliphatic rings. The number of benzene rings is 2. The van der Waals surface area contributed by atoms with Crippen LogP contribution in [-0.2, 0) is 11.1 Å². The van der Waals surface area contributed by atoms with Crippen molar-refractivity contribution in [2.45, 2.75) is 64.7 Å². The lowest BCUT2D eigenvalue weighted by molar-refractivity contribution is 0.0640. The van der Waals surface area contributed by atoms with E-state index in [1.54, 1.807) is 12.1 Å². The van der Waals surface area contributed by atoms with E-state index in [1.165, 1.54) is 30.5 Å². The topological polar surface area (TPSA) is 126 Å². The number of imide groups is 1. The largest absolute Gasteiger partial charge is 0.541 e. The lowest BCUT2D eigenvalue weighted by Crippen LogP contribution is -2.51. The zero-order chi connectivity index (χ0) is 29.6. The Morgan fingerprint density at radius 2 is 1.48 bits per heavy atom. The highest BCUT2D eigenvalue weighted by Gasteiger charge is 2.50. The summed E-state index contributed by atoms with van der Waals surface area (Å²) in [6, 6.07) is 8.67. The first-order chi connectivity index (χ1) is 18.7. The number of hydrogen-bond acceptors (Lipinski definition) is 6. The van der Waals surface area contributed by atoms with Crippen molar-refractivity contribution in [3.8, 4) is 11.5 Å². The van der Waals surface area contributed by atoms with Crippen LogP contribution in [0.2, 0.25) is 16.6 Å². The van der Waals surface area contributed by atoms with E-state index in [4.69, 9.17) is 9.16 Å². The molecule has 2 N–H and O–H groups in total. The summed E-state index contributed by atoms with van der Waals surface area (Å²) in [6.07, 6.45) is 0.529. The number of amides is 2. The van der Waals surface area contributed by atoms with E-state index in [0.717, 1.165) is 4.90 Å². The van der Waals surface area contributed by atoms with Crippen LogP contribution in [-0.4, -0.2) is 46.2 Å². The van der Waals surface area contributed by atoms with Gasteiger partial charge in [0.05, 0.1) is 17.7 Å². The van der Waals surface area contributed by atoms with E-state index >= 15 is 0 Å². The van der Waals surface area contributed by atoms with Gasteiger partial charge in [-0.15, -0.1) is 0 Å². The molecule has 3 aromatic rings. The molecule has 0 unspecified atom stereocenters. The van der Waals surface area contributed by atoms with Crippen molar-refractivity contribution in [3.05, 3.63) is 65.1 Å². The first-order valence-corrected chi connectivity index (χ1v) is 17.0. The molecule has 0 saturated heterocycles. The highest BCUT2D eigenvalue weighted by Crippen LogP contribution is 2.50. The van der Waals surface area contributed by atoms with Crippen molar-refractivity contribution < 1.29 is 37.5 Å². The fraction of sp³-hybridized carbons (Fsp3) is 0.393. The number of pyridine rings is 1. The zero-order valence-electron chi connectivity index (χ0n) is 23.3. The predicted molar refractivity (Wildman–Crippen MR) is 152 cm³/mol. The first kappa shape index (κ1) is 29.9. The van der Waals surface area contributed by atoms with Crippen molar-refractivity contribution >= 4 is 38.6 Å². The average molecular weight is 589 g/mol. The average Bonchev–Trinajstić information content (AvgIpc) is 3.11. The number of fused-ring (bicyclic) bond motifs is 2. The molecule has 12 heteroatoms. The molecule has 0 atom stereocenters. The summed E-state index contributed by atoms with van der Waals surface area (Å²) in [7, 11) is -7.32. The number of hydrogen-bond donors (Lipinski definition) is 2. The van der Waals surface area contributed by atoms with Crippen LogP contribution < -0.4 is 9.16 Å². The zero-order valence-corrected chi connectivity index (χ0v) is 25.2. The minimum atomic E-state index is -4.64. The van der Waals surface area contributed by atoms with Gasteiger partial charge in [0.15, 0.2) is 6.35 Å². The highest BCUT2D eigenvalue weighted by molar-refractivity contribution is 7.51. The van der Waals surface area contributed by atoms with Gasteiger partial charge in [0, 0.05) is 11.6 Å². The maximum absolute atomic E-state index is 14.0. The van der Waals surface area contributed by atoms with Crippen LogP contribution in [0.4, 0.5) is 4.39 Å². The molecule has 0 saturated carbocycles. The Morgan fingerprint density at radius 1 is 0.925 bits per heavy atom. The number of rotatable bonds is 10. The van der Waals surface area contributed by atoms with Gasteiger partial charge in [0.1, 0.15) is 22.8 Å². The molecule has 0 radical (unpaired) electrons. The smallest absolute Gasteiger partial charge is 0.362 e. The van der Waals surface area contributed by atoms with Gasteiger partial charge in [-0.1, -0.05) is 53.7 Å². The van der Waals surface area contributed by atoms with Crippen LogP contribution in [0.15, 0.2) is 42.6 Å². The first-order valence-electron chi connectivity index (χ1n) is 13.1. The highest BCUT2D eigenvalue weighted by atomic mass is 31.2. The van der Waals surface area contributed by atoms with Gasteiger partial charge in [0.2, 0.25) is 0 Å².